The molecular formula is C18H20ClN3O2. The first kappa shape index (κ1) is 16.8. The van der Waals surface area contributed by atoms with Crippen LogP contribution in [0, 0.1) is 0 Å². The molecule has 1 saturated heterocycles. The molecule has 0 bridgehead atoms. The largest absolute Gasteiger partial charge is 0.379 e. The summed E-state index contributed by atoms with van der Waals surface area (Å²) in [5.41, 5.74) is 2.63. The van der Waals surface area contributed by atoms with E-state index in [9.17, 15) is 4.79 Å². The van der Waals surface area contributed by atoms with Crippen LogP contribution in [0.1, 0.15) is 5.56 Å². The highest BCUT2D eigenvalue weighted by Gasteiger charge is 2.22. The normalized spacial score (nSPS) is 17.3. The monoisotopic (exact) mass is 345 g/mol. The zero-order valence-electron chi connectivity index (χ0n) is 13.2. The third-order valence-corrected chi connectivity index (χ3v) is 4.02. The molecule has 1 unspecified atom stereocenters. The lowest BCUT2D eigenvalue weighted by atomic mass is 10.2. The standard InChI is InChI=1S/C18H20ClN3O2/c19-14-6-7-15(21-11-13-4-2-1-3-5-13)16(10-14)22-18(23)17-12-20-8-9-24-17/h1-7,10,17,20-21H,8-9,11-12H2,(H,22,23). The van der Waals surface area contributed by atoms with Crippen molar-refractivity contribution in [3.63, 3.8) is 0 Å². The summed E-state index contributed by atoms with van der Waals surface area (Å²) in [6.07, 6.45) is -0.486. The molecule has 24 heavy (non-hydrogen) atoms. The summed E-state index contributed by atoms with van der Waals surface area (Å²) in [5.74, 6) is -0.174. The fourth-order valence-electron chi connectivity index (χ4n) is 2.51. The second kappa shape index (κ2) is 8.15. The lowest BCUT2D eigenvalue weighted by Gasteiger charge is -2.23. The zero-order valence-corrected chi connectivity index (χ0v) is 14.0. The Morgan fingerprint density at radius 3 is 2.79 bits per heavy atom. The Labute approximate surface area is 146 Å². The molecule has 1 heterocycles. The number of carbonyl (C=O) groups is 1. The number of hydrogen-bond donors (Lipinski definition) is 3. The lowest BCUT2D eigenvalue weighted by molar-refractivity contribution is -0.128. The Kier molecular flexibility index (Phi) is 5.69. The van der Waals surface area contributed by atoms with E-state index < -0.39 is 6.10 Å². The van der Waals surface area contributed by atoms with Gasteiger partial charge in [0.25, 0.3) is 5.91 Å². The van der Waals surface area contributed by atoms with Crippen LogP contribution in [0.4, 0.5) is 11.4 Å². The molecule has 0 aromatic heterocycles. The SMILES string of the molecule is O=C(Nc1cc(Cl)ccc1NCc1ccccc1)C1CNCCO1. The molecule has 0 spiro atoms. The highest BCUT2D eigenvalue weighted by Crippen LogP contribution is 2.26. The average molecular weight is 346 g/mol. The Morgan fingerprint density at radius 2 is 2.04 bits per heavy atom. The molecule has 1 aliphatic heterocycles. The molecule has 0 radical (unpaired) electrons. The van der Waals surface area contributed by atoms with Gasteiger partial charge in [0.2, 0.25) is 0 Å². The molecule has 3 rings (SSSR count). The van der Waals surface area contributed by atoms with Gasteiger partial charge in [0.1, 0.15) is 6.10 Å². The van der Waals surface area contributed by atoms with Gasteiger partial charge >= 0.3 is 0 Å². The average Bonchev–Trinajstić information content (AvgIpc) is 2.62. The molecule has 2 aromatic carbocycles. The van der Waals surface area contributed by atoms with Crippen molar-refractivity contribution >= 4 is 28.9 Å². The van der Waals surface area contributed by atoms with Crippen molar-refractivity contribution in [3.05, 3.63) is 59.1 Å². The highest BCUT2D eigenvalue weighted by atomic mass is 35.5. The smallest absolute Gasteiger partial charge is 0.254 e. The van der Waals surface area contributed by atoms with Crippen LogP contribution >= 0.6 is 11.6 Å². The summed E-state index contributed by atoms with van der Waals surface area (Å²) < 4.78 is 5.48. The molecule has 0 aliphatic carbocycles. The van der Waals surface area contributed by atoms with Crippen LogP contribution in [0.3, 0.4) is 0 Å². The quantitative estimate of drug-likeness (QED) is 0.779. The minimum absolute atomic E-state index is 0.174. The van der Waals surface area contributed by atoms with Gasteiger partial charge in [0.05, 0.1) is 18.0 Å². The van der Waals surface area contributed by atoms with Crippen LogP contribution in [0.15, 0.2) is 48.5 Å². The van der Waals surface area contributed by atoms with E-state index in [0.717, 1.165) is 17.8 Å². The van der Waals surface area contributed by atoms with E-state index in [4.69, 9.17) is 16.3 Å². The van der Waals surface area contributed by atoms with Gasteiger partial charge in [-0.05, 0) is 23.8 Å². The van der Waals surface area contributed by atoms with Gasteiger partial charge in [-0.2, -0.15) is 0 Å². The van der Waals surface area contributed by atoms with Crippen molar-refractivity contribution < 1.29 is 9.53 Å². The summed E-state index contributed by atoms with van der Waals surface area (Å²) in [7, 11) is 0. The number of ether oxygens (including phenoxy) is 1. The fourth-order valence-corrected chi connectivity index (χ4v) is 2.69. The van der Waals surface area contributed by atoms with Crippen molar-refractivity contribution in [2.24, 2.45) is 0 Å². The van der Waals surface area contributed by atoms with E-state index >= 15 is 0 Å². The van der Waals surface area contributed by atoms with Gasteiger partial charge in [-0.15, -0.1) is 0 Å². The van der Waals surface area contributed by atoms with E-state index in [1.807, 2.05) is 36.4 Å². The van der Waals surface area contributed by atoms with Crippen LogP contribution in [0.25, 0.3) is 0 Å². The van der Waals surface area contributed by atoms with Crippen LogP contribution < -0.4 is 16.0 Å². The maximum Gasteiger partial charge on any atom is 0.254 e. The van der Waals surface area contributed by atoms with E-state index in [2.05, 4.69) is 16.0 Å². The highest BCUT2D eigenvalue weighted by molar-refractivity contribution is 6.31. The van der Waals surface area contributed by atoms with E-state index in [1.165, 1.54) is 0 Å². The van der Waals surface area contributed by atoms with Crippen molar-refractivity contribution in [3.8, 4) is 0 Å². The van der Waals surface area contributed by atoms with Gasteiger partial charge in [-0.1, -0.05) is 41.9 Å². The molecule has 5 nitrogen and oxygen atoms in total. The molecule has 1 aliphatic rings. The first-order chi connectivity index (χ1) is 11.7. The summed E-state index contributed by atoms with van der Waals surface area (Å²) in [6.45, 7) is 2.48. The first-order valence-corrected chi connectivity index (χ1v) is 8.31. The summed E-state index contributed by atoms with van der Waals surface area (Å²) in [5, 5.41) is 9.96. The molecule has 0 saturated carbocycles. The third-order valence-electron chi connectivity index (χ3n) is 3.79. The molecule has 6 heteroatoms. The first-order valence-electron chi connectivity index (χ1n) is 7.93. The number of hydrogen-bond acceptors (Lipinski definition) is 4. The van der Waals surface area contributed by atoms with Crippen LogP contribution in [0.5, 0.6) is 0 Å². The van der Waals surface area contributed by atoms with E-state index in [-0.39, 0.29) is 5.91 Å². The van der Waals surface area contributed by atoms with E-state index in [0.29, 0.717) is 30.4 Å². The lowest BCUT2D eigenvalue weighted by Crippen LogP contribution is -2.45. The maximum atomic E-state index is 12.4. The molecule has 126 valence electrons. The maximum absolute atomic E-state index is 12.4. The summed E-state index contributed by atoms with van der Waals surface area (Å²) in [6, 6.07) is 15.5. The number of nitrogens with one attached hydrogen (secondary N) is 3. The number of amides is 1. The molecule has 1 atom stereocenters. The Morgan fingerprint density at radius 1 is 1.21 bits per heavy atom. The molecule has 2 aromatic rings. The van der Waals surface area contributed by atoms with Crippen LogP contribution in [-0.4, -0.2) is 31.7 Å². The van der Waals surface area contributed by atoms with Gasteiger partial charge < -0.3 is 20.7 Å². The number of benzene rings is 2. The van der Waals surface area contributed by atoms with Gasteiger partial charge in [-0.25, -0.2) is 0 Å². The second-order valence-electron chi connectivity index (χ2n) is 5.58. The van der Waals surface area contributed by atoms with Crippen molar-refractivity contribution in [1.29, 1.82) is 0 Å². The molecule has 3 N–H and O–H groups in total. The van der Waals surface area contributed by atoms with Crippen molar-refractivity contribution in [2.45, 2.75) is 12.6 Å². The minimum Gasteiger partial charge on any atom is -0.379 e. The number of morpholine rings is 1. The Hall–Kier alpha value is -2.08. The topological polar surface area (TPSA) is 62.4 Å². The van der Waals surface area contributed by atoms with Gasteiger partial charge in [-0.3, -0.25) is 4.79 Å². The Bertz CT molecular complexity index is 688. The van der Waals surface area contributed by atoms with Crippen LogP contribution in [0.2, 0.25) is 5.02 Å². The summed E-state index contributed by atoms with van der Waals surface area (Å²) in [4.78, 5) is 12.4. The zero-order chi connectivity index (χ0) is 16.8. The molecular weight excluding hydrogens is 326 g/mol. The fraction of sp³-hybridized carbons (Fsp3) is 0.278. The van der Waals surface area contributed by atoms with E-state index in [1.54, 1.807) is 12.1 Å². The predicted molar refractivity (Wildman–Crippen MR) is 96.5 cm³/mol. The van der Waals surface area contributed by atoms with Crippen molar-refractivity contribution in [2.75, 3.05) is 30.3 Å². The van der Waals surface area contributed by atoms with Crippen LogP contribution in [-0.2, 0) is 16.1 Å². The number of halogens is 1. The number of rotatable bonds is 5. The minimum atomic E-state index is -0.486. The molecule has 1 amide bonds. The third kappa shape index (κ3) is 4.47. The predicted octanol–water partition coefficient (Wildman–Crippen LogP) is 2.88. The number of carbonyl (C=O) groups excluding carboxylic acids is 1. The number of anilines is 2. The van der Waals surface area contributed by atoms with Gasteiger partial charge in [0, 0.05) is 24.7 Å². The summed E-state index contributed by atoms with van der Waals surface area (Å²) >= 11 is 6.08. The second-order valence-corrected chi connectivity index (χ2v) is 6.02. The van der Waals surface area contributed by atoms with Crippen molar-refractivity contribution in [1.82, 2.24) is 5.32 Å². The van der Waals surface area contributed by atoms with Gasteiger partial charge in [0.15, 0.2) is 0 Å². The molecule has 1 fully saturated rings. The Balaban J connectivity index is 1.69.